The maximum Gasteiger partial charge on any atom is 0.327 e. The average Bonchev–Trinajstić information content (AvgIpc) is 2.01. The van der Waals surface area contributed by atoms with Gasteiger partial charge in [0.25, 0.3) is 0 Å². The molecule has 0 radical (unpaired) electrons. The first-order valence-corrected chi connectivity index (χ1v) is 4.24. The fraction of sp³-hybridized carbons (Fsp3) is 0.556. The highest BCUT2D eigenvalue weighted by Crippen LogP contribution is 2.03. The predicted molar refractivity (Wildman–Crippen MR) is 57.4 cm³/mol. The van der Waals surface area contributed by atoms with Crippen molar-refractivity contribution < 1.29 is 19.8 Å². The molecule has 0 saturated carbocycles. The van der Waals surface area contributed by atoms with Crippen molar-refractivity contribution in [1.82, 2.24) is 0 Å². The van der Waals surface area contributed by atoms with E-state index in [1.807, 2.05) is 0 Å². The average molecular weight is 216 g/mol. The zero-order valence-corrected chi connectivity index (χ0v) is 7.40. The van der Waals surface area contributed by atoms with Crippen molar-refractivity contribution in [2.24, 2.45) is 0 Å². The molecule has 0 aromatic rings. The first-order valence-electron chi connectivity index (χ1n) is 4.24. The van der Waals surface area contributed by atoms with Gasteiger partial charge in [0, 0.05) is 12.5 Å². The summed E-state index contributed by atoms with van der Waals surface area (Å²) in [5.74, 6) is -1.72. The van der Waals surface area contributed by atoms with Crippen LogP contribution in [0.1, 0.15) is 32.1 Å². The van der Waals surface area contributed by atoms with Gasteiger partial charge in [0.1, 0.15) is 0 Å². The highest BCUT2D eigenvalue weighted by molar-refractivity contribution is 5.79. The summed E-state index contributed by atoms with van der Waals surface area (Å²) in [5, 5.41) is 16.5. The third-order valence-electron chi connectivity index (χ3n) is 1.52. The number of rotatable bonds is 7. The van der Waals surface area contributed by atoms with Gasteiger partial charge in [0.15, 0.2) is 17.4 Å². The molecule has 0 atom stereocenters. The Bertz CT molecular complexity index is 201. The first kappa shape index (κ1) is 15.7. The fourth-order valence-electron chi connectivity index (χ4n) is 0.899. The number of carboxylic acid groups (broad SMARTS) is 2. The molecule has 4 nitrogen and oxygen atoms in total. The number of hydrogen-bond donors (Lipinski definition) is 2. The van der Waals surface area contributed by atoms with Crippen LogP contribution in [0.25, 0.3) is 0 Å². The van der Waals surface area contributed by atoms with E-state index in [2.05, 4.69) is 0 Å². The van der Waals surface area contributed by atoms with Crippen molar-refractivity contribution in [1.29, 1.82) is 0 Å². The minimum atomic E-state index is -0.939. The standard InChI is InChI=1S/C9H14O4.Al.3H/c10-8(11)6-4-2-1-3-5-7-9(12)13;;;;/h4,6H,1-3,5,7H2,(H,10,11)(H,12,13);;;;. The number of carbonyl (C=O) groups is 2. The predicted octanol–water partition coefficient (Wildman–Crippen LogP) is 0.478. The molecule has 0 spiro atoms. The molecule has 0 rings (SSSR count). The maximum atomic E-state index is 10.1. The Morgan fingerprint density at radius 2 is 1.71 bits per heavy atom. The summed E-state index contributed by atoms with van der Waals surface area (Å²) < 4.78 is 0. The van der Waals surface area contributed by atoms with Gasteiger partial charge in [-0.2, -0.15) is 0 Å². The van der Waals surface area contributed by atoms with Crippen LogP contribution in [0.5, 0.6) is 0 Å². The molecule has 14 heavy (non-hydrogen) atoms. The van der Waals surface area contributed by atoms with Gasteiger partial charge in [-0.15, -0.1) is 0 Å². The molecule has 0 aromatic carbocycles. The Hall–Kier alpha value is -0.788. The van der Waals surface area contributed by atoms with Gasteiger partial charge in [-0.25, -0.2) is 4.79 Å². The van der Waals surface area contributed by atoms with Crippen molar-refractivity contribution in [2.75, 3.05) is 0 Å². The molecule has 0 fully saturated rings. The molecular weight excluding hydrogens is 199 g/mol. The van der Waals surface area contributed by atoms with E-state index in [0.717, 1.165) is 18.9 Å². The number of aliphatic carboxylic acids is 2. The smallest absolute Gasteiger partial charge is 0.327 e. The van der Waals surface area contributed by atoms with Gasteiger partial charge in [-0.3, -0.25) is 4.79 Å². The lowest BCUT2D eigenvalue weighted by Crippen LogP contribution is -1.93. The van der Waals surface area contributed by atoms with E-state index in [1.165, 1.54) is 0 Å². The zero-order valence-electron chi connectivity index (χ0n) is 7.40. The lowest BCUT2D eigenvalue weighted by atomic mass is 10.1. The molecule has 0 aliphatic carbocycles. The van der Waals surface area contributed by atoms with E-state index in [0.29, 0.717) is 12.8 Å². The van der Waals surface area contributed by atoms with Crippen LogP contribution in [0.4, 0.5) is 0 Å². The number of unbranched alkanes of at least 4 members (excludes halogenated alkanes) is 3. The summed E-state index contributed by atoms with van der Waals surface area (Å²) >= 11 is 0. The molecule has 0 unspecified atom stereocenters. The zero-order chi connectivity index (χ0) is 10.1. The van der Waals surface area contributed by atoms with Gasteiger partial charge in [0.05, 0.1) is 0 Å². The Morgan fingerprint density at radius 1 is 1.07 bits per heavy atom. The van der Waals surface area contributed by atoms with E-state index in [4.69, 9.17) is 10.2 Å². The molecule has 0 saturated heterocycles. The largest absolute Gasteiger partial charge is 0.481 e. The van der Waals surface area contributed by atoms with Gasteiger partial charge in [-0.1, -0.05) is 12.5 Å². The van der Waals surface area contributed by atoms with Crippen molar-refractivity contribution in [2.45, 2.75) is 32.1 Å². The van der Waals surface area contributed by atoms with E-state index >= 15 is 0 Å². The van der Waals surface area contributed by atoms with Crippen LogP contribution in [-0.4, -0.2) is 39.5 Å². The third kappa shape index (κ3) is 13.8. The van der Waals surface area contributed by atoms with Gasteiger partial charge in [-0.05, 0) is 19.3 Å². The number of hydrogen-bond acceptors (Lipinski definition) is 2. The summed E-state index contributed by atoms with van der Waals surface area (Å²) in [4.78, 5) is 20.1. The van der Waals surface area contributed by atoms with E-state index < -0.39 is 11.9 Å². The highest BCUT2D eigenvalue weighted by Gasteiger charge is 1.95. The quantitative estimate of drug-likeness (QED) is 0.368. The maximum absolute atomic E-state index is 10.1. The van der Waals surface area contributed by atoms with Crippen molar-refractivity contribution in [3.63, 3.8) is 0 Å². The van der Waals surface area contributed by atoms with Gasteiger partial charge in [0.2, 0.25) is 0 Å². The van der Waals surface area contributed by atoms with Crippen LogP contribution < -0.4 is 0 Å². The fourth-order valence-corrected chi connectivity index (χ4v) is 0.899. The molecule has 5 heteroatoms. The summed E-state index contributed by atoms with van der Waals surface area (Å²) in [7, 11) is 0. The number of allylic oxidation sites excluding steroid dienone is 1. The molecule has 0 aliphatic heterocycles. The highest BCUT2D eigenvalue weighted by atomic mass is 27.0. The van der Waals surface area contributed by atoms with E-state index in [9.17, 15) is 9.59 Å². The molecular formula is C9H17AlO4. The second-order valence-electron chi connectivity index (χ2n) is 2.73. The van der Waals surface area contributed by atoms with Crippen molar-refractivity contribution in [3.05, 3.63) is 12.2 Å². The van der Waals surface area contributed by atoms with Crippen molar-refractivity contribution >= 4 is 29.3 Å². The summed E-state index contributed by atoms with van der Waals surface area (Å²) in [5.41, 5.74) is 0. The normalized spacial score (nSPS) is 9.71. The Labute approximate surface area is 93.8 Å². The van der Waals surface area contributed by atoms with Crippen molar-refractivity contribution in [3.8, 4) is 0 Å². The third-order valence-corrected chi connectivity index (χ3v) is 1.52. The van der Waals surface area contributed by atoms with Crippen LogP contribution in [0.3, 0.4) is 0 Å². The molecule has 0 aromatic heterocycles. The van der Waals surface area contributed by atoms with E-state index in [1.54, 1.807) is 6.08 Å². The summed E-state index contributed by atoms with van der Waals surface area (Å²) in [6, 6.07) is 0. The molecule has 0 heterocycles. The van der Waals surface area contributed by atoms with Crippen LogP contribution in [0.2, 0.25) is 0 Å². The minimum absolute atomic E-state index is 0. The molecule has 2 N–H and O–H groups in total. The lowest BCUT2D eigenvalue weighted by molar-refractivity contribution is -0.137. The van der Waals surface area contributed by atoms with Gasteiger partial charge < -0.3 is 10.2 Å². The van der Waals surface area contributed by atoms with Gasteiger partial charge >= 0.3 is 11.9 Å². The summed E-state index contributed by atoms with van der Waals surface area (Å²) in [6.07, 6.45) is 5.93. The first-order chi connectivity index (χ1) is 6.13. The Morgan fingerprint density at radius 3 is 2.21 bits per heavy atom. The monoisotopic (exact) mass is 216 g/mol. The number of carboxylic acids is 2. The molecule has 0 aliphatic rings. The SMILES string of the molecule is O=C(O)C=CCCCCCC(=O)O.[AlH3]. The lowest BCUT2D eigenvalue weighted by Gasteiger charge is -1.94. The van der Waals surface area contributed by atoms with Crippen LogP contribution in [-0.2, 0) is 9.59 Å². The van der Waals surface area contributed by atoms with Crippen LogP contribution in [0, 0.1) is 0 Å². The Kier molecular flexibility index (Phi) is 11.5. The summed E-state index contributed by atoms with van der Waals surface area (Å²) in [6.45, 7) is 0. The molecule has 0 bridgehead atoms. The second-order valence-corrected chi connectivity index (χ2v) is 2.73. The Balaban J connectivity index is 0. The van der Waals surface area contributed by atoms with Crippen LogP contribution >= 0.6 is 0 Å². The van der Waals surface area contributed by atoms with E-state index in [-0.39, 0.29) is 23.8 Å². The van der Waals surface area contributed by atoms with Crippen LogP contribution in [0.15, 0.2) is 12.2 Å². The topological polar surface area (TPSA) is 74.6 Å². The molecule has 80 valence electrons. The second kappa shape index (κ2) is 10.3. The minimum Gasteiger partial charge on any atom is -0.481 e. The molecule has 0 amide bonds.